The number of amides is 2. The third-order valence-electron chi connectivity index (χ3n) is 3.21. The lowest BCUT2D eigenvalue weighted by molar-refractivity contribution is -0.150. The van der Waals surface area contributed by atoms with Gasteiger partial charge in [-0.15, -0.1) is 0 Å². The van der Waals surface area contributed by atoms with E-state index >= 15 is 0 Å². The number of hydrogen-bond donors (Lipinski definition) is 2. The first kappa shape index (κ1) is 18.5. The maximum Gasteiger partial charge on any atom is 0.328 e. The molecule has 1 aromatic heterocycles. The molecule has 0 bridgehead atoms. The quantitative estimate of drug-likeness (QED) is 0.731. The molecule has 0 radical (unpaired) electrons. The largest absolute Gasteiger partial charge is 0.467 e. The lowest BCUT2D eigenvalue weighted by atomic mass is 10.2. The summed E-state index contributed by atoms with van der Waals surface area (Å²) < 4.78 is 9.94. The van der Waals surface area contributed by atoms with Gasteiger partial charge in [0.05, 0.1) is 23.4 Å². The number of furan rings is 1. The van der Waals surface area contributed by atoms with Crippen LogP contribution in [-0.4, -0.2) is 30.4 Å². The van der Waals surface area contributed by atoms with Gasteiger partial charge < -0.3 is 19.8 Å². The molecule has 7 nitrogen and oxygen atoms in total. The van der Waals surface area contributed by atoms with Crippen molar-refractivity contribution in [3.8, 4) is 0 Å². The number of carbonyl (C=O) groups excluding carboxylic acids is 3. The SMILES string of the molecule is C[C@H](NC(=O)c1ccccc1Cl)C(=O)OCC(=O)NCc1ccco1. The molecule has 0 saturated carbocycles. The van der Waals surface area contributed by atoms with Gasteiger partial charge in [0.25, 0.3) is 11.8 Å². The Balaban J connectivity index is 1.75. The van der Waals surface area contributed by atoms with Crippen LogP contribution in [0.2, 0.25) is 5.02 Å². The minimum Gasteiger partial charge on any atom is -0.467 e. The first-order chi connectivity index (χ1) is 12.0. The molecule has 8 heteroatoms. The Hall–Kier alpha value is -2.80. The summed E-state index contributed by atoms with van der Waals surface area (Å²) in [7, 11) is 0. The lowest BCUT2D eigenvalue weighted by Gasteiger charge is -2.13. The molecule has 2 amide bonds. The summed E-state index contributed by atoms with van der Waals surface area (Å²) >= 11 is 5.92. The first-order valence-corrected chi connectivity index (χ1v) is 7.86. The standard InChI is InChI=1S/C17H17ClN2O5/c1-11(20-16(22)13-6-2-3-7-14(13)18)17(23)25-10-15(21)19-9-12-5-4-8-24-12/h2-8,11H,9-10H2,1H3,(H,19,21)(H,20,22)/t11-/m0/s1. The van der Waals surface area contributed by atoms with E-state index in [1.807, 2.05) is 0 Å². The van der Waals surface area contributed by atoms with Gasteiger partial charge in [-0.25, -0.2) is 4.79 Å². The monoisotopic (exact) mass is 364 g/mol. The number of hydrogen-bond acceptors (Lipinski definition) is 5. The molecule has 0 aliphatic rings. The highest BCUT2D eigenvalue weighted by Gasteiger charge is 2.20. The molecule has 132 valence electrons. The van der Waals surface area contributed by atoms with Gasteiger partial charge in [-0.1, -0.05) is 23.7 Å². The zero-order chi connectivity index (χ0) is 18.2. The molecular weight excluding hydrogens is 348 g/mol. The fraction of sp³-hybridized carbons (Fsp3) is 0.235. The van der Waals surface area contributed by atoms with E-state index in [1.54, 1.807) is 30.3 Å². The molecule has 0 fully saturated rings. The summed E-state index contributed by atoms with van der Waals surface area (Å²) in [5, 5.41) is 5.28. The van der Waals surface area contributed by atoms with Crippen molar-refractivity contribution in [2.24, 2.45) is 0 Å². The van der Waals surface area contributed by atoms with Crippen LogP contribution in [0.3, 0.4) is 0 Å². The number of nitrogens with one attached hydrogen (secondary N) is 2. The average Bonchev–Trinajstić information content (AvgIpc) is 3.11. The highest BCUT2D eigenvalue weighted by molar-refractivity contribution is 6.33. The van der Waals surface area contributed by atoms with E-state index in [0.29, 0.717) is 5.76 Å². The maximum absolute atomic E-state index is 12.1. The van der Waals surface area contributed by atoms with Crippen LogP contribution in [0.1, 0.15) is 23.0 Å². The second-order valence-corrected chi connectivity index (χ2v) is 5.55. The first-order valence-electron chi connectivity index (χ1n) is 7.48. The molecule has 1 atom stereocenters. The molecule has 25 heavy (non-hydrogen) atoms. The van der Waals surface area contributed by atoms with Crippen LogP contribution in [0.5, 0.6) is 0 Å². The number of rotatable bonds is 7. The van der Waals surface area contributed by atoms with Crippen molar-refractivity contribution >= 4 is 29.4 Å². The zero-order valence-electron chi connectivity index (χ0n) is 13.5. The van der Waals surface area contributed by atoms with Gasteiger partial charge in [0.1, 0.15) is 11.8 Å². The highest BCUT2D eigenvalue weighted by Crippen LogP contribution is 2.14. The molecule has 0 aliphatic heterocycles. The Morgan fingerprint density at radius 2 is 1.96 bits per heavy atom. The molecule has 0 spiro atoms. The van der Waals surface area contributed by atoms with E-state index in [1.165, 1.54) is 19.3 Å². The topological polar surface area (TPSA) is 97.6 Å². The minimum atomic E-state index is -0.929. The number of esters is 1. The molecule has 2 rings (SSSR count). The molecular formula is C17H17ClN2O5. The molecule has 0 aliphatic carbocycles. The van der Waals surface area contributed by atoms with Gasteiger partial charge in [0.2, 0.25) is 0 Å². The van der Waals surface area contributed by atoms with Crippen LogP contribution < -0.4 is 10.6 Å². The van der Waals surface area contributed by atoms with Crippen LogP contribution in [0.4, 0.5) is 0 Å². The van der Waals surface area contributed by atoms with E-state index < -0.39 is 30.4 Å². The van der Waals surface area contributed by atoms with E-state index in [9.17, 15) is 14.4 Å². The molecule has 2 aromatic rings. The summed E-state index contributed by atoms with van der Waals surface area (Å²) in [6.07, 6.45) is 1.49. The maximum atomic E-state index is 12.1. The van der Waals surface area contributed by atoms with Crippen molar-refractivity contribution in [3.05, 3.63) is 59.0 Å². The van der Waals surface area contributed by atoms with Crippen LogP contribution in [0.25, 0.3) is 0 Å². The fourth-order valence-electron chi connectivity index (χ4n) is 1.89. The van der Waals surface area contributed by atoms with Crippen molar-refractivity contribution in [2.75, 3.05) is 6.61 Å². The van der Waals surface area contributed by atoms with Gasteiger partial charge in [-0.3, -0.25) is 9.59 Å². The summed E-state index contributed by atoms with van der Waals surface area (Å²) in [6, 6.07) is 8.94. The van der Waals surface area contributed by atoms with Crippen molar-refractivity contribution in [1.82, 2.24) is 10.6 Å². The molecule has 2 N–H and O–H groups in total. The summed E-state index contributed by atoms with van der Waals surface area (Å²) in [5.74, 6) is -1.12. The molecule has 1 heterocycles. The van der Waals surface area contributed by atoms with Gasteiger partial charge in [0.15, 0.2) is 6.61 Å². The molecule has 1 aromatic carbocycles. The van der Waals surface area contributed by atoms with E-state index in [4.69, 9.17) is 20.8 Å². The van der Waals surface area contributed by atoms with E-state index in [-0.39, 0.29) is 17.1 Å². The van der Waals surface area contributed by atoms with Crippen LogP contribution in [0.15, 0.2) is 47.1 Å². The predicted molar refractivity (Wildman–Crippen MR) is 89.9 cm³/mol. The Labute approximate surface area is 149 Å². The highest BCUT2D eigenvalue weighted by atomic mass is 35.5. The fourth-order valence-corrected chi connectivity index (χ4v) is 2.11. The average molecular weight is 365 g/mol. The Bertz CT molecular complexity index is 745. The lowest BCUT2D eigenvalue weighted by Crippen LogP contribution is -2.41. The van der Waals surface area contributed by atoms with Crippen molar-refractivity contribution in [2.45, 2.75) is 19.5 Å². The molecule has 0 saturated heterocycles. The van der Waals surface area contributed by atoms with E-state index in [2.05, 4.69) is 10.6 Å². The predicted octanol–water partition coefficient (Wildman–Crippen LogP) is 1.91. The number of ether oxygens (including phenoxy) is 1. The van der Waals surface area contributed by atoms with E-state index in [0.717, 1.165) is 0 Å². The number of halogens is 1. The van der Waals surface area contributed by atoms with Crippen molar-refractivity contribution in [1.29, 1.82) is 0 Å². The second-order valence-electron chi connectivity index (χ2n) is 5.14. The van der Waals surface area contributed by atoms with Crippen molar-refractivity contribution in [3.63, 3.8) is 0 Å². The summed E-state index contributed by atoms with van der Waals surface area (Å²) in [5.41, 5.74) is 0.250. The zero-order valence-corrected chi connectivity index (χ0v) is 14.2. The third-order valence-corrected chi connectivity index (χ3v) is 3.53. The smallest absolute Gasteiger partial charge is 0.328 e. The van der Waals surface area contributed by atoms with Crippen LogP contribution in [-0.2, 0) is 20.9 Å². The van der Waals surface area contributed by atoms with Gasteiger partial charge >= 0.3 is 5.97 Å². The number of carbonyl (C=O) groups is 3. The summed E-state index contributed by atoms with van der Waals surface area (Å²) in [6.45, 7) is 1.20. The Kier molecular flexibility index (Phi) is 6.59. The summed E-state index contributed by atoms with van der Waals surface area (Å²) in [4.78, 5) is 35.5. The van der Waals surface area contributed by atoms with Crippen LogP contribution in [0, 0.1) is 0 Å². The minimum absolute atomic E-state index is 0.197. The van der Waals surface area contributed by atoms with Gasteiger partial charge in [-0.05, 0) is 31.2 Å². The van der Waals surface area contributed by atoms with Crippen LogP contribution >= 0.6 is 11.6 Å². The second kappa shape index (κ2) is 8.89. The normalized spacial score (nSPS) is 11.4. The van der Waals surface area contributed by atoms with Crippen molar-refractivity contribution < 1.29 is 23.5 Å². The number of benzene rings is 1. The Morgan fingerprint density at radius 1 is 1.20 bits per heavy atom. The van der Waals surface area contributed by atoms with Gasteiger partial charge in [-0.2, -0.15) is 0 Å². The van der Waals surface area contributed by atoms with Gasteiger partial charge in [0, 0.05) is 0 Å². The third kappa shape index (κ3) is 5.65. The Morgan fingerprint density at radius 3 is 2.64 bits per heavy atom. The molecule has 0 unspecified atom stereocenters.